The second-order valence-electron chi connectivity index (χ2n) is 6.86. The minimum Gasteiger partial charge on any atom is -0.429 e. The van der Waals surface area contributed by atoms with Crippen LogP contribution in [0.1, 0.15) is 42.3 Å². The van der Waals surface area contributed by atoms with Crippen LogP contribution in [-0.2, 0) is 16.6 Å². The molecule has 2 atom stereocenters. The number of aromatic nitrogens is 3. The Morgan fingerprint density at radius 1 is 1.32 bits per heavy atom. The van der Waals surface area contributed by atoms with Gasteiger partial charge in [-0.3, -0.25) is 19.6 Å². The molecule has 0 unspecified atom stereocenters. The Morgan fingerprint density at radius 3 is 2.64 bits per heavy atom. The van der Waals surface area contributed by atoms with E-state index in [4.69, 9.17) is 4.42 Å². The van der Waals surface area contributed by atoms with Gasteiger partial charge in [0.05, 0.1) is 24.4 Å². The number of anilines is 1. The van der Waals surface area contributed by atoms with Gasteiger partial charge in [-0.2, -0.15) is 5.10 Å². The third-order valence-electron chi connectivity index (χ3n) is 5.08. The van der Waals surface area contributed by atoms with Crippen LogP contribution < -0.4 is 5.32 Å². The van der Waals surface area contributed by atoms with Gasteiger partial charge in [0.15, 0.2) is 0 Å². The first-order valence-corrected chi connectivity index (χ1v) is 8.48. The van der Waals surface area contributed by atoms with Crippen molar-refractivity contribution < 1.29 is 14.0 Å². The third kappa shape index (κ3) is 2.71. The number of likely N-dealkylation sites (tertiary alicyclic amines) is 1. The summed E-state index contributed by atoms with van der Waals surface area (Å²) in [5, 5.41) is 7.01. The highest BCUT2D eigenvalue weighted by molar-refractivity contribution is 5.97. The van der Waals surface area contributed by atoms with Gasteiger partial charge in [0.25, 0.3) is 0 Å². The molecule has 4 rings (SSSR count). The van der Waals surface area contributed by atoms with Crippen LogP contribution in [0.3, 0.4) is 0 Å². The largest absolute Gasteiger partial charge is 0.429 e. The van der Waals surface area contributed by atoms with Gasteiger partial charge in [-0.1, -0.05) is 0 Å². The van der Waals surface area contributed by atoms with E-state index < -0.39 is 5.92 Å². The van der Waals surface area contributed by atoms with Gasteiger partial charge < -0.3 is 9.32 Å². The number of carbonyl (C=O) groups excluding carboxylic acids is 2. The Morgan fingerprint density at radius 2 is 2.08 bits per heavy atom. The predicted molar refractivity (Wildman–Crippen MR) is 88.5 cm³/mol. The average molecular weight is 343 g/mol. The molecule has 1 saturated carbocycles. The summed E-state index contributed by atoms with van der Waals surface area (Å²) >= 11 is 0. The molecule has 1 aliphatic carbocycles. The first-order chi connectivity index (χ1) is 12.0. The Labute approximate surface area is 145 Å². The number of hydrogen-bond acceptors (Lipinski definition) is 5. The highest BCUT2D eigenvalue weighted by Crippen LogP contribution is 2.46. The fraction of sp³-hybridized carbons (Fsp3) is 0.529. The molecule has 2 fully saturated rings. The van der Waals surface area contributed by atoms with Gasteiger partial charge in [0.2, 0.25) is 11.8 Å². The molecular formula is C17H21N5O3. The molecule has 1 aliphatic heterocycles. The van der Waals surface area contributed by atoms with Gasteiger partial charge in [-0.15, -0.1) is 0 Å². The monoisotopic (exact) mass is 343 g/mol. The standard InChI is InChI=1S/C17H21N5O3/c1-9-7-18-17(25-9)20-16(24)12-6-14(23)22(11-4-5-11)15(12)13-8-19-21(3)10(13)2/h7-8,11-12,15H,4-6H2,1-3H3,(H,18,20,24)/t12-,15-/m0/s1. The van der Waals surface area contributed by atoms with Crippen LogP contribution in [0.5, 0.6) is 0 Å². The summed E-state index contributed by atoms with van der Waals surface area (Å²) in [6.45, 7) is 3.72. The van der Waals surface area contributed by atoms with Crippen LogP contribution in [0.15, 0.2) is 16.8 Å². The highest BCUT2D eigenvalue weighted by Gasteiger charge is 2.50. The van der Waals surface area contributed by atoms with Crippen LogP contribution in [0.2, 0.25) is 0 Å². The summed E-state index contributed by atoms with van der Waals surface area (Å²) in [5.41, 5.74) is 1.90. The Bertz CT molecular complexity index is 835. The second-order valence-corrected chi connectivity index (χ2v) is 6.86. The van der Waals surface area contributed by atoms with Crippen molar-refractivity contribution >= 4 is 17.8 Å². The summed E-state index contributed by atoms with van der Waals surface area (Å²) in [7, 11) is 1.86. The lowest BCUT2D eigenvalue weighted by Gasteiger charge is -2.27. The number of aryl methyl sites for hydroxylation is 2. The van der Waals surface area contributed by atoms with Gasteiger partial charge in [-0.25, -0.2) is 4.98 Å². The Kier molecular flexibility index (Phi) is 3.63. The van der Waals surface area contributed by atoms with E-state index in [0.717, 1.165) is 24.1 Å². The predicted octanol–water partition coefficient (Wildman–Crippen LogP) is 1.72. The van der Waals surface area contributed by atoms with E-state index in [-0.39, 0.29) is 36.3 Å². The minimum atomic E-state index is -0.483. The maximum atomic E-state index is 12.8. The number of amides is 2. The first kappa shape index (κ1) is 15.9. The summed E-state index contributed by atoms with van der Waals surface area (Å²) < 4.78 is 7.11. The molecule has 0 spiro atoms. The molecule has 2 aromatic rings. The molecule has 25 heavy (non-hydrogen) atoms. The van der Waals surface area contributed by atoms with Gasteiger partial charge >= 0.3 is 6.01 Å². The van der Waals surface area contributed by atoms with E-state index in [1.807, 2.05) is 18.9 Å². The lowest BCUT2D eigenvalue weighted by molar-refractivity contribution is -0.129. The van der Waals surface area contributed by atoms with E-state index in [1.165, 1.54) is 0 Å². The van der Waals surface area contributed by atoms with Crippen molar-refractivity contribution in [1.82, 2.24) is 19.7 Å². The van der Waals surface area contributed by atoms with Crippen molar-refractivity contribution in [1.29, 1.82) is 0 Å². The second kappa shape index (κ2) is 5.72. The number of nitrogens with one attached hydrogen (secondary N) is 1. The maximum absolute atomic E-state index is 12.8. The topological polar surface area (TPSA) is 93.3 Å². The average Bonchev–Trinajstić information content (AvgIpc) is 3.12. The molecule has 0 bridgehead atoms. The number of rotatable bonds is 4. The van der Waals surface area contributed by atoms with Gasteiger partial charge in [0.1, 0.15) is 5.76 Å². The van der Waals surface area contributed by atoms with E-state index >= 15 is 0 Å². The Balaban J connectivity index is 1.66. The van der Waals surface area contributed by atoms with Crippen molar-refractivity contribution in [2.75, 3.05) is 5.32 Å². The zero-order valence-electron chi connectivity index (χ0n) is 14.5. The van der Waals surface area contributed by atoms with Crippen molar-refractivity contribution in [3.63, 3.8) is 0 Å². The summed E-state index contributed by atoms with van der Waals surface area (Å²) in [6.07, 6.45) is 5.50. The summed E-state index contributed by atoms with van der Waals surface area (Å²) in [5.74, 6) is -0.0774. The summed E-state index contributed by atoms with van der Waals surface area (Å²) in [6, 6.07) is 0.116. The zero-order valence-corrected chi connectivity index (χ0v) is 14.5. The van der Waals surface area contributed by atoms with E-state index in [2.05, 4.69) is 15.4 Å². The van der Waals surface area contributed by atoms with Crippen LogP contribution >= 0.6 is 0 Å². The molecule has 8 nitrogen and oxygen atoms in total. The van der Waals surface area contributed by atoms with Crippen LogP contribution in [-0.4, -0.2) is 37.5 Å². The zero-order chi connectivity index (χ0) is 17.7. The van der Waals surface area contributed by atoms with Crippen molar-refractivity contribution in [3.05, 3.63) is 29.4 Å². The summed E-state index contributed by atoms with van der Waals surface area (Å²) in [4.78, 5) is 31.4. The Hall–Kier alpha value is -2.64. The lowest BCUT2D eigenvalue weighted by Crippen LogP contribution is -2.34. The van der Waals surface area contributed by atoms with Crippen LogP contribution in [0.25, 0.3) is 0 Å². The van der Waals surface area contributed by atoms with E-state index in [9.17, 15) is 9.59 Å². The molecule has 132 valence electrons. The molecule has 2 aliphatic rings. The molecular weight excluding hydrogens is 322 g/mol. The number of hydrogen-bond donors (Lipinski definition) is 1. The van der Waals surface area contributed by atoms with Crippen molar-refractivity contribution in [2.24, 2.45) is 13.0 Å². The number of oxazole rings is 1. The first-order valence-electron chi connectivity index (χ1n) is 8.48. The fourth-order valence-corrected chi connectivity index (χ4v) is 3.56. The van der Waals surface area contributed by atoms with E-state index in [0.29, 0.717) is 5.76 Å². The number of carbonyl (C=O) groups is 2. The molecule has 8 heteroatoms. The van der Waals surface area contributed by atoms with Crippen molar-refractivity contribution in [2.45, 2.75) is 45.2 Å². The molecule has 3 heterocycles. The van der Waals surface area contributed by atoms with Gasteiger partial charge in [-0.05, 0) is 26.7 Å². The van der Waals surface area contributed by atoms with Crippen molar-refractivity contribution in [3.8, 4) is 0 Å². The molecule has 1 saturated heterocycles. The van der Waals surface area contributed by atoms with Crippen LogP contribution in [0, 0.1) is 19.8 Å². The highest BCUT2D eigenvalue weighted by atomic mass is 16.4. The third-order valence-corrected chi connectivity index (χ3v) is 5.08. The van der Waals surface area contributed by atoms with Gasteiger partial charge in [0, 0.05) is 30.8 Å². The minimum absolute atomic E-state index is 0.0273. The quantitative estimate of drug-likeness (QED) is 0.912. The normalized spacial score (nSPS) is 23.3. The smallest absolute Gasteiger partial charge is 0.301 e. The molecule has 1 N–H and O–H groups in total. The molecule has 0 radical (unpaired) electrons. The molecule has 0 aromatic carbocycles. The number of nitrogens with zero attached hydrogens (tertiary/aromatic N) is 4. The fourth-order valence-electron chi connectivity index (χ4n) is 3.56. The van der Waals surface area contributed by atoms with E-state index in [1.54, 1.807) is 24.0 Å². The maximum Gasteiger partial charge on any atom is 0.301 e. The molecule has 2 aromatic heterocycles. The SMILES string of the molecule is Cc1cnc(NC(=O)[C@H]2CC(=O)N(C3CC3)[C@@H]2c2cnn(C)c2C)o1. The lowest BCUT2D eigenvalue weighted by atomic mass is 9.93. The van der Waals surface area contributed by atoms with Crippen LogP contribution in [0.4, 0.5) is 6.01 Å². The molecule has 2 amide bonds.